The standard InChI is InChI=1S/C30H32F2N4O5S/c1-35(29(40)20(15-26(38)39)14-18-9-12-41-13-10-18)30-34-27(28(32)42-30)23-16-21(31)6-7-22(23)19-5-8-24(33-17-19)36-11-3-2-4-25(36)37/h5-8,16-18,20H,2-4,9-15H2,1H3,(H,38,39). The first-order chi connectivity index (χ1) is 20.2. The van der Waals surface area contributed by atoms with Crippen LogP contribution in [0.1, 0.15) is 44.9 Å². The second-order valence-electron chi connectivity index (χ2n) is 10.7. The number of halogens is 2. The number of aromatic nitrogens is 2. The number of ether oxygens (including phenoxy) is 1. The Morgan fingerprint density at radius 3 is 2.64 bits per heavy atom. The molecule has 2 saturated heterocycles. The van der Waals surface area contributed by atoms with Crippen molar-refractivity contribution in [3.63, 3.8) is 0 Å². The van der Waals surface area contributed by atoms with Gasteiger partial charge in [-0.05, 0) is 67.9 Å². The van der Waals surface area contributed by atoms with Crippen LogP contribution in [0.25, 0.3) is 22.4 Å². The van der Waals surface area contributed by atoms with E-state index >= 15 is 4.39 Å². The zero-order valence-corrected chi connectivity index (χ0v) is 24.0. The molecular formula is C30H32F2N4O5S. The summed E-state index contributed by atoms with van der Waals surface area (Å²) in [6, 6.07) is 7.40. The summed E-state index contributed by atoms with van der Waals surface area (Å²) in [6.07, 6.45) is 5.31. The predicted octanol–water partition coefficient (Wildman–Crippen LogP) is 5.54. The number of rotatable bonds is 9. The molecule has 1 N–H and O–H groups in total. The van der Waals surface area contributed by atoms with Gasteiger partial charge < -0.3 is 9.84 Å². The average molecular weight is 599 g/mol. The Morgan fingerprint density at radius 2 is 1.95 bits per heavy atom. The molecule has 0 radical (unpaired) electrons. The molecule has 2 fully saturated rings. The van der Waals surface area contributed by atoms with Crippen molar-refractivity contribution >= 4 is 40.1 Å². The molecular weight excluding hydrogens is 566 g/mol. The van der Waals surface area contributed by atoms with E-state index in [4.69, 9.17) is 4.74 Å². The summed E-state index contributed by atoms with van der Waals surface area (Å²) in [7, 11) is 1.44. The molecule has 2 aliphatic heterocycles. The third kappa shape index (κ3) is 6.65. The third-order valence-electron chi connectivity index (χ3n) is 7.82. The van der Waals surface area contributed by atoms with E-state index in [2.05, 4.69) is 9.97 Å². The molecule has 1 aromatic carbocycles. The predicted molar refractivity (Wildman–Crippen MR) is 154 cm³/mol. The first kappa shape index (κ1) is 29.7. The fraction of sp³-hybridized carbons (Fsp3) is 0.433. The highest BCUT2D eigenvalue weighted by Gasteiger charge is 2.31. The summed E-state index contributed by atoms with van der Waals surface area (Å²) in [6.45, 7) is 1.73. The fourth-order valence-corrected chi connectivity index (χ4v) is 6.33. The second-order valence-corrected chi connectivity index (χ2v) is 11.6. The Morgan fingerprint density at radius 1 is 1.17 bits per heavy atom. The molecule has 222 valence electrons. The molecule has 1 unspecified atom stereocenters. The van der Waals surface area contributed by atoms with E-state index in [9.17, 15) is 23.9 Å². The molecule has 2 aliphatic rings. The summed E-state index contributed by atoms with van der Waals surface area (Å²) in [5.74, 6) is -2.25. The maximum absolute atomic E-state index is 15.4. The number of hydrogen-bond donors (Lipinski definition) is 1. The largest absolute Gasteiger partial charge is 0.481 e. The number of hydrogen-bond acceptors (Lipinski definition) is 7. The summed E-state index contributed by atoms with van der Waals surface area (Å²) in [5, 5.41) is 8.79. The SMILES string of the molecule is CN(C(=O)C(CC(=O)O)CC1CCOCC1)c1nc(-c2cc(F)ccc2-c2ccc(N3CCCCC3=O)nc2)c(F)s1. The van der Waals surface area contributed by atoms with E-state index in [1.54, 1.807) is 23.2 Å². The zero-order chi connectivity index (χ0) is 29.8. The lowest BCUT2D eigenvalue weighted by atomic mass is 9.86. The minimum Gasteiger partial charge on any atom is -0.481 e. The minimum absolute atomic E-state index is 0.0121. The van der Waals surface area contributed by atoms with Crippen LogP contribution in [0.5, 0.6) is 0 Å². The van der Waals surface area contributed by atoms with Gasteiger partial charge in [0.15, 0.2) is 5.13 Å². The van der Waals surface area contributed by atoms with Crippen LogP contribution >= 0.6 is 11.3 Å². The number of carbonyl (C=O) groups is 3. The molecule has 5 rings (SSSR count). The van der Waals surface area contributed by atoms with Crippen molar-refractivity contribution < 1.29 is 33.0 Å². The summed E-state index contributed by atoms with van der Waals surface area (Å²) < 4.78 is 35.2. The first-order valence-electron chi connectivity index (χ1n) is 14.0. The monoisotopic (exact) mass is 598 g/mol. The van der Waals surface area contributed by atoms with Crippen LogP contribution in [0, 0.1) is 22.8 Å². The minimum atomic E-state index is -1.09. The number of carboxylic acid groups (broad SMARTS) is 1. The van der Waals surface area contributed by atoms with Gasteiger partial charge in [-0.1, -0.05) is 17.4 Å². The average Bonchev–Trinajstić information content (AvgIpc) is 3.38. The number of amides is 2. The lowest BCUT2D eigenvalue weighted by molar-refractivity contribution is -0.141. The summed E-state index contributed by atoms with van der Waals surface area (Å²) in [4.78, 5) is 48.9. The Labute approximate surface area is 246 Å². The number of anilines is 2. The van der Waals surface area contributed by atoms with Crippen LogP contribution in [0.2, 0.25) is 0 Å². The van der Waals surface area contributed by atoms with Gasteiger partial charge in [0.1, 0.15) is 17.3 Å². The summed E-state index contributed by atoms with van der Waals surface area (Å²) >= 11 is 0.637. The van der Waals surface area contributed by atoms with E-state index in [0.717, 1.165) is 25.7 Å². The lowest BCUT2D eigenvalue weighted by Crippen LogP contribution is -2.35. The highest BCUT2D eigenvalue weighted by atomic mass is 32.1. The molecule has 0 bridgehead atoms. The van der Waals surface area contributed by atoms with Crippen molar-refractivity contribution in [2.75, 3.05) is 36.6 Å². The number of carbonyl (C=O) groups excluding carboxylic acids is 2. The number of nitrogens with zero attached hydrogens (tertiary/aromatic N) is 4. The van der Waals surface area contributed by atoms with E-state index in [1.165, 1.54) is 30.1 Å². The van der Waals surface area contributed by atoms with E-state index < -0.39 is 28.7 Å². The molecule has 9 nitrogen and oxygen atoms in total. The smallest absolute Gasteiger partial charge is 0.304 e. The Bertz CT molecular complexity index is 1460. The molecule has 12 heteroatoms. The van der Waals surface area contributed by atoms with E-state index in [0.29, 0.717) is 60.9 Å². The Kier molecular flexibility index (Phi) is 9.22. The normalized spacial score (nSPS) is 16.8. The van der Waals surface area contributed by atoms with Crippen molar-refractivity contribution in [3.8, 4) is 22.4 Å². The third-order valence-corrected chi connectivity index (χ3v) is 8.74. The molecule has 0 saturated carbocycles. The van der Waals surface area contributed by atoms with Gasteiger partial charge >= 0.3 is 5.97 Å². The van der Waals surface area contributed by atoms with E-state index in [-0.39, 0.29) is 34.6 Å². The van der Waals surface area contributed by atoms with Crippen LogP contribution < -0.4 is 9.80 Å². The zero-order valence-electron chi connectivity index (χ0n) is 23.2. The quantitative estimate of drug-likeness (QED) is 0.344. The van der Waals surface area contributed by atoms with Crippen molar-refractivity contribution in [1.29, 1.82) is 0 Å². The van der Waals surface area contributed by atoms with E-state index in [1.807, 2.05) is 0 Å². The first-order valence-corrected chi connectivity index (χ1v) is 14.8. The number of benzene rings is 1. The Balaban J connectivity index is 1.41. The van der Waals surface area contributed by atoms with Gasteiger partial charge in [0.2, 0.25) is 16.9 Å². The highest BCUT2D eigenvalue weighted by Crippen LogP contribution is 2.38. The maximum Gasteiger partial charge on any atom is 0.304 e. The maximum atomic E-state index is 15.4. The molecule has 0 spiro atoms. The van der Waals surface area contributed by atoms with Gasteiger partial charge in [-0.3, -0.25) is 24.2 Å². The van der Waals surface area contributed by atoms with Crippen LogP contribution in [0.3, 0.4) is 0 Å². The number of thiazole rings is 1. The van der Waals surface area contributed by atoms with Crippen LogP contribution in [0.15, 0.2) is 36.5 Å². The van der Waals surface area contributed by atoms with Gasteiger partial charge in [-0.25, -0.2) is 14.4 Å². The molecule has 42 heavy (non-hydrogen) atoms. The van der Waals surface area contributed by atoms with Crippen LogP contribution in [-0.4, -0.2) is 59.7 Å². The molecule has 2 aromatic heterocycles. The van der Waals surface area contributed by atoms with Crippen LogP contribution in [-0.2, 0) is 19.1 Å². The topological polar surface area (TPSA) is 113 Å². The van der Waals surface area contributed by atoms with Gasteiger partial charge in [0.25, 0.3) is 0 Å². The molecule has 0 aliphatic carbocycles. The number of piperidine rings is 1. The molecule has 1 atom stereocenters. The molecule has 2 amide bonds. The summed E-state index contributed by atoms with van der Waals surface area (Å²) in [5.41, 5.74) is 1.12. The van der Waals surface area contributed by atoms with Gasteiger partial charge in [0.05, 0.1) is 6.42 Å². The van der Waals surface area contributed by atoms with Gasteiger partial charge in [-0.15, -0.1) is 0 Å². The van der Waals surface area contributed by atoms with Crippen molar-refractivity contribution in [2.24, 2.45) is 11.8 Å². The van der Waals surface area contributed by atoms with Crippen molar-refractivity contribution in [1.82, 2.24) is 9.97 Å². The van der Waals surface area contributed by atoms with Gasteiger partial charge in [-0.2, -0.15) is 4.39 Å². The van der Waals surface area contributed by atoms with Gasteiger partial charge in [0, 0.05) is 56.5 Å². The highest BCUT2D eigenvalue weighted by molar-refractivity contribution is 7.14. The van der Waals surface area contributed by atoms with Crippen molar-refractivity contribution in [2.45, 2.75) is 44.9 Å². The Hall–Kier alpha value is -3.77. The molecule has 3 aromatic rings. The molecule has 4 heterocycles. The number of aliphatic carboxylic acids is 1. The van der Waals surface area contributed by atoms with Crippen molar-refractivity contribution in [3.05, 3.63) is 47.5 Å². The number of carboxylic acids is 1. The van der Waals surface area contributed by atoms with Crippen LogP contribution in [0.4, 0.5) is 19.7 Å². The second kappa shape index (κ2) is 13.0. The number of pyridine rings is 1. The lowest BCUT2D eigenvalue weighted by Gasteiger charge is -2.27. The fourth-order valence-electron chi connectivity index (χ4n) is 5.55.